The van der Waals surface area contributed by atoms with E-state index in [-0.39, 0.29) is 10.8 Å². The first-order valence-corrected chi connectivity index (χ1v) is 21.5. The molecular weight excluding hydrogens is 735 g/mol. The van der Waals surface area contributed by atoms with Crippen molar-refractivity contribution in [2.45, 2.75) is 38.5 Å². The molecule has 0 fully saturated rings. The van der Waals surface area contributed by atoms with E-state index in [2.05, 4.69) is 245 Å². The molecule has 0 radical (unpaired) electrons. The van der Waals surface area contributed by atoms with Crippen LogP contribution in [0.5, 0.6) is 0 Å². The molecule has 2 aliphatic carbocycles. The van der Waals surface area contributed by atoms with Crippen LogP contribution in [0.25, 0.3) is 66.8 Å². The highest BCUT2D eigenvalue weighted by Crippen LogP contribution is 2.51. The second-order valence-corrected chi connectivity index (χ2v) is 17.8. The molecule has 9 aromatic carbocycles. The van der Waals surface area contributed by atoms with Crippen LogP contribution in [0.2, 0.25) is 0 Å². The summed E-state index contributed by atoms with van der Waals surface area (Å²) in [5.74, 6) is 0. The van der Waals surface area contributed by atoms with Crippen molar-refractivity contribution < 1.29 is 0 Å². The van der Waals surface area contributed by atoms with Gasteiger partial charge in [0, 0.05) is 27.9 Å². The number of fused-ring (bicyclic) bond motifs is 6. The molecule has 9 aromatic rings. The maximum absolute atomic E-state index is 2.42. The third-order valence-electron chi connectivity index (χ3n) is 13.5. The minimum absolute atomic E-state index is 0.0670. The molecule has 0 N–H and O–H groups in total. The lowest BCUT2D eigenvalue weighted by atomic mass is 9.81. The first kappa shape index (κ1) is 36.8. The van der Waals surface area contributed by atoms with Crippen molar-refractivity contribution in [3.63, 3.8) is 0 Å². The molecular formula is C60H47N. The number of anilines is 3. The number of rotatable bonds is 7. The summed E-state index contributed by atoms with van der Waals surface area (Å²) in [7, 11) is 0. The van der Waals surface area contributed by atoms with Gasteiger partial charge in [-0.2, -0.15) is 0 Å². The zero-order chi connectivity index (χ0) is 41.3. The van der Waals surface area contributed by atoms with E-state index in [9.17, 15) is 0 Å². The van der Waals surface area contributed by atoms with E-state index in [1.54, 1.807) is 0 Å². The summed E-state index contributed by atoms with van der Waals surface area (Å²) in [5.41, 5.74) is 23.8. The number of hydrogen-bond donors (Lipinski definition) is 0. The SMILES string of the molecule is CC1(C)c2ccccc2-c2ccc(-c3cccc(N(c4ccc(-c5ccccc5-c5ccccc5)cc4)c4cccc(-c5ccc6c(c5)C(C)(C)c5ccccc5-6)c4)c3)cc21. The molecule has 0 aliphatic heterocycles. The van der Waals surface area contributed by atoms with E-state index in [0.29, 0.717) is 0 Å². The summed E-state index contributed by atoms with van der Waals surface area (Å²) >= 11 is 0. The number of hydrogen-bond acceptors (Lipinski definition) is 1. The molecule has 0 saturated carbocycles. The van der Waals surface area contributed by atoms with Gasteiger partial charge in [-0.3, -0.25) is 0 Å². The molecule has 0 amide bonds. The quantitative estimate of drug-likeness (QED) is 0.156. The fourth-order valence-corrected chi connectivity index (χ4v) is 10.3. The summed E-state index contributed by atoms with van der Waals surface area (Å²) in [5, 5.41) is 0. The second kappa shape index (κ2) is 14.2. The monoisotopic (exact) mass is 781 g/mol. The first-order chi connectivity index (χ1) is 29.8. The maximum atomic E-state index is 2.42. The van der Waals surface area contributed by atoms with Gasteiger partial charge in [0.25, 0.3) is 0 Å². The van der Waals surface area contributed by atoms with Crippen LogP contribution in [-0.2, 0) is 10.8 Å². The van der Waals surface area contributed by atoms with E-state index in [4.69, 9.17) is 0 Å². The normalized spacial score (nSPS) is 13.8. The highest BCUT2D eigenvalue weighted by Gasteiger charge is 2.36. The predicted octanol–water partition coefficient (Wildman–Crippen LogP) is 16.4. The molecule has 0 spiro atoms. The Morgan fingerprint density at radius 1 is 0.246 bits per heavy atom. The largest absolute Gasteiger partial charge is 0.310 e. The summed E-state index contributed by atoms with van der Waals surface area (Å²) in [6, 6.07) is 78.5. The lowest BCUT2D eigenvalue weighted by molar-refractivity contribution is 0.660. The molecule has 0 aromatic heterocycles. The molecule has 292 valence electrons. The zero-order valence-electron chi connectivity index (χ0n) is 35.2. The lowest BCUT2D eigenvalue weighted by Crippen LogP contribution is -2.15. The van der Waals surface area contributed by atoms with Crippen LogP contribution in [-0.4, -0.2) is 0 Å². The van der Waals surface area contributed by atoms with Gasteiger partial charge in [-0.05, 0) is 138 Å². The Balaban J connectivity index is 1.02. The van der Waals surface area contributed by atoms with Crippen LogP contribution in [0, 0.1) is 0 Å². The van der Waals surface area contributed by atoms with E-state index >= 15 is 0 Å². The van der Waals surface area contributed by atoms with Crippen molar-refractivity contribution >= 4 is 17.1 Å². The van der Waals surface area contributed by atoms with Crippen LogP contribution >= 0.6 is 0 Å². The van der Waals surface area contributed by atoms with Crippen LogP contribution in [0.1, 0.15) is 49.9 Å². The number of benzene rings is 9. The Labute approximate surface area is 360 Å². The fourth-order valence-electron chi connectivity index (χ4n) is 10.3. The predicted molar refractivity (Wildman–Crippen MR) is 258 cm³/mol. The Kier molecular flexibility index (Phi) is 8.58. The average molecular weight is 782 g/mol. The van der Waals surface area contributed by atoms with Crippen molar-refractivity contribution in [3.8, 4) is 66.8 Å². The Bertz CT molecular complexity index is 2980. The van der Waals surface area contributed by atoms with E-state index in [1.165, 1.54) is 89.0 Å². The van der Waals surface area contributed by atoms with Gasteiger partial charge in [-0.15, -0.1) is 0 Å². The smallest absolute Gasteiger partial charge is 0.0467 e. The fraction of sp³-hybridized carbons (Fsp3) is 0.100. The molecule has 0 heterocycles. The van der Waals surface area contributed by atoms with Crippen molar-refractivity contribution in [1.82, 2.24) is 0 Å². The van der Waals surface area contributed by atoms with Gasteiger partial charge >= 0.3 is 0 Å². The van der Waals surface area contributed by atoms with Crippen LogP contribution < -0.4 is 4.90 Å². The topological polar surface area (TPSA) is 3.24 Å². The van der Waals surface area contributed by atoms with Crippen LogP contribution in [0.3, 0.4) is 0 Å². The van der Waals surface area contributed by atoms with Gasteiger partial charge in [-0.25, -0.2) is 0 Å². The van der Waals surface area contributed by atoms with Gasteiger partial charge < -0.3 is 4.90 Å². The molecule has 1 heteroatoms. The summed E-state index contributed by atoms with van der Waals surface area (Å²) < 4.78 is 0. The Hall–Kier alpha value is -7.22. The van der Waals surface area contributed by atoms with Crippen molar-refractivity contribution in [1.29, 1.82) is 0 Å². The van der Waals surface area contributed by atoms with Crippen LogP contribution in [0.15, 0.2) is 212 Å². The standard InChI is InChI=1S/C60H47N/c1-59(2)55-26-12-10-24-51(55)53-34-30-44(38-57(53)59)42-18-14-20-47(36-42)61(46-32-28-41(29-33-46)50-23-9-8-22-49(50)40-16-6-5-7-17-40)48-21-15-19-43(37-48)45-31-35-54-52-25-11-13-27-56(52)60(3,4)58(54)39-45/h5-39H,1-4H3. The lowest BCUT2D eigenvalue weighted by Gasteiger charge is -2.27. The third-order valence-corrected chi connectivity index (χ3v) is 13.5. The molecule has 2 aliphatic rings. The van der Waals surface area contributed by atoms with E-state index in [0.717, 1.165) is 17.1 Å². The second-order valence-electron chi connectivity index (χ2n) is 17.8. The molecule has 1 nitrogen and oxygen atoms in total. The highest BCUT2D eigenvalue weighted by molar-refractivity contribution is 5.89. The van der Waals surface area contributed by atoms with E-state index in [1.807, 2.05) is 0 Å². The van der Waals surface area contributed by atoms with Crippen molar-refractivity contribution in [2.24, 2.45) is 0 Å². The third kappa shape index (κ3) is 6.07. The van der Waals surface area contributed by atoms with Gasteiger partial charge in [0.2, 0.25) is 0 Å². The molecule has 11 rings (SSSR count). The summed E-state index contributed by atoms with van der Waals surface area (Å²) in [4.78, 5) is 2.42. The molecule has 0 bridgehead atoms. The summed E-state index contributed by atoms with van der Waals surface area (Å²) in [6.07, 6.45) is 0. The molecule has 61 heavy (non-hydrogen) atoms. The highest BCUT2D eigenvalue weighted by atomic mass is 15.1. The number of nitrogens with zero attached hydrogens (tertiary/aromatic N) is 1. The maximum Gasteiger partial charge on any atom is 0.0467 e. The zero-order valence-corrected chi connectivity index (χ0v) is 35.2. The summed E-state index contributed by atoms with van der Waals surface area (Å²) in [6.45, 7) is 9.43. The molecule has 0 saturated heterocycles. The minimum atomic E-state index is -0.0670. The van der Waals surface area contributed by atoms with Crippen molar-refractivity contribution in [2.75, 3.05) is 4.90 Å². The van der Waals surface area contributed by atoms with Crippen LogP contribution in [0.4, 0.5) is 17.1 Å². The van der Waals surface area contributed by atoms with Gasteiger partial charge in [0.1, 0.15) is 0 Å². The average Bonchev–Trinajstić information content (AvgIpc) is 3.68. The van der Waals surface area contributed by atoms with E-state index < -0.39 is 0 Å². The minimum Gasteiger partial charge on any atom is -0.310 e. The van der Waals surface area contributed by atoms with Crippen molar-refractivity contribution in [3.05, 3.63) is 235 Å². The first-order valence-electron chi connectivity index (χ1n) is 21.5. The molecule has 0 atom stereocenters. The molecule has 0 unspecified atom stereocenters. The van der Waals surface area contributed by atoms with Gasteiger partial charge in [0.15, 0.2) is 0 Å². The Morgan fingerprint density at radius 3 is 1.10 bits per heavy atom. The van der Waals surface area contributed by atoms with Gasteiger partial charge in [-0.1, -0.05) is 191 Å². The Morgan fingerprint density at radius 2 is 0.607 bits per heavy atom. The van der Waals surface area contributed by atoms with Gasteiger partial charge in [0.05, 0.1) is 0 Å².